The van der Waals surface area contributed by atoms with Crippen LogP contribution in [-0.4, -0.2) is 178 Å². The van der Waals surface area contributed by atoms with E-state index in [1.807, 2.05) is 50.2 Å². The van der Waals surface area contributed by atoms with E-state index in [2.05, 4.69) is 109 Å². The lowest BCUT2D eigenvalue weighted by Gasteiger charge is -2.15. The summed E-state index contributed by atoms with van der Waals surface area (Å²) < 4.78 is 75.3. The van der Waals surface area contributed by atoms with Crippen LogP contribution in [0.3, 0.4) is 0 Å². The van der Waals surface area contributed by atoms with Gasteiger partial charge in [-0.05, 0) is 136 Å². The molecule has 2 N–H and O–H groups in total. The van der Waals surface area contributed by atoms with E-state index in [4.69, 9.17) is 67.1 Å². The number of aliphatic hydroxyl groups excluding tert-OH is 2. The number of carbonyl (C=O) groups excluding carboxylic acids is 4. The molecule has 8 atom stereocenters. The minimum atomic E-state index is -0.455. The predicted octanol–water partition coefficient (Wildman–Crippen LogP) is 12.1. The number of ether oxygens (including phenoxy) is 14. The number of methoxy groups -OCH3 is 2. The highest BCUT2D eigenvalue weighted by atomic mass is 16.7. The maximum Gasteiger partial charge on any atom is 0.333 e. The van der Waals surface area contributed by atoms with Gasteiger partial charge in [0.25, 0.3) is 0 Å². The van der Waals surface area contributed by atoms with Crippen molar-refractivity contribution in [1.29, 1.82) is 0 Å². The summed E-state index contributed by atoms with van der Waals surface area (Å²) in [4.78, 5) is 47.7. The first kappa shape index (κ1) is 80.6. The van der Waals surface area contributed by atoms with Crippen molar-refractivity contribution >= 4 is 59.3 Å². The fourth-order valence-corrected chi connectivity index (χ4v) is 9.95. The van der Waals surface area contributed by atoms with E-state index in [-0.39, 0.29) is 75.6 Å². The number of carbonyl (C=O) groups is 4. The number of hydrogen-bond acceptors (Lipinski definition) is 20. The van der Waals surface area contributed by atoms with Gasteiger partial charge in [0, 0.05) is 75.8 Å². The van der Waals surface area contributed by atoms with Crippen LogP contribution in [0.15, 0.2) is 159 Å². The first-order valence-corrected chi connectivity index (χ1v) is 33.0. The molecule has 0 amide bonds. The van der Waals surface area contributed by atoms with E-state index in [0.29, 0.717) is 63.1 Å². The molecule has 0 aliphatic carbocycles. The number of benzene rings is 4. The van der Waals surface area contributed by atoms with Gasteiger partial charge in [0.15, 0.2) is 12.2 Å². The molecule has 98 heavy (non-hydrogen) atoms. The van der Waals surface area contributed by atoms with Gasteiger partial charge in [-0.2, -0.15) is 0 Å². The van der Waals surface area contributed by atoms with Crippen LogP contribution in [0.4, 0.5) is 0 Å². The van der Waals surface area contributed by atoms with Crippen molar-refractivity contribution in [1.82, 2.24) is 0 Å². The number of esters is 4. The minimum absolute atomic E-state index is 0.0916. The van der Waals surface area contributed by atoms with Gasteiger partial charge < -0.3 is 76.5 Å². The molecule has 4 saturated heterocycles. The van der Waals surface area contributed by atoms with Crippen molar-refractivity contribution in [2.45, 2.75) is 103 Å². The molecule has 0 saturated carbocycles. The second-order valence-electron chi connectivity index (χ2n) is 23.5. The maximum atomic E-state index is 12.5. The van der Waals surface area contributed by atoms with Gasteiger partial charge >= 0.3 is 23.9 Å². The molecule has 20 nitrogen and oxygen atoms in total. The van der Waals surface area contributed by atoms with Crippen molar-refractivity contribution in [3.8, 4) is 11.5 Å². The Balaban J connectivity index is 0.000000290. The predicted molar refractivity (Wildman–Crippen MR) is 377 cm³/mol. The molecule has 4 aromatic rings. The molecular formula is C78H100O20. The average Bonchev–Trinajstić information content (AvgIpc) is 1.66. The lowest BCUT2D eigenvalue weighted by molar-refractivity contribution is -0.148. The summed E-state index contributed by atoms with van der Waals surface area (Å²) >= 11 is 0. The molecule has 532 valence electrons. The largest absolute Gasteiger partial charge is 0.494 e. The van der Waals surface area contributed by atoms with E-state index in [0.717, 1.165) is 102 Å². The summed E-state index contributed by atoms with van der Waals surface area (Å²) in [5.74, 6) is -0.0661. The van der Waals surface area contributed by atoms with Crippen molar-refractivity contribution in [3.63, 3.8) is 0 Å². The smallest absolute Gasteiger partial charge is 0.333 e. The zero-order valence-corrected chi connectivity index (χ0v) is 57.7. The number of aliphatic hydroxyl groups is 2. The van der Waals surface area contributed by atoms with Gasteiger partial charge in [0.1, 0.15) is 50.5 Å². The highest BCUT2D eigenvalue weighted by molar-refractivity contribution is 5.88. The van der Waals surface area contributed by atoms with Crippen LogP contribution >= 0.6 is 0 Å². The summed E-state index contributed by atoms with van der Waals surface area (Å²) in [6.07, 6.45) is 18.2. The van der Waals surface area contributed by atoms with Crippen molar-refractivity contribution in [3.05, 3.63) is 192 Å². The van der Waals surface area contributed by atoms with Crippen molar-refractivity contribution in [2.75, 3.05) is 107 Å². The second kappa shape index (κ2) is 46.2. The Morgan fingerprint density at radius 1 is 0.449 bits per heavy atom. The van der Waals surface area contributed by atoms with Crippen LogP contribution in [0.5, 0.6) is 11.5 Å². The standard InChI is InChI=1S/C36H42O7.C32H34O7.C7H16O3.C3H8O3/c1-25(2)29-15-9-27(10-16-29)11-17-30-23-41-35-32(24-42-34(30)35)43-33(37)20-14-28-12-18-31(19-13-28)39-21-7-5-6-8-22-40-36(38)26(3)4;1-21(2)25-11-5-23(6-12-25)7-13-26-19-37-31-28(20-38-30(26)31)39-29(33)16-10-24-8-14-27(15-9-24)35-17-18-36-32(34)22(3)4;1-9-5-3-7-10-6-2-4-8;1-5-3-6-2-4/h9-20,30,32,34-35H,1,3,5-8,21-24H2,2,4H3;5-16,26,28,30-31H,1,3,17-20H2,2,4H3;8H,2-7H2,1H3;4H,2-3H2,1H3/b17-11?,20-14+;13-7?,16-10+;;/t30-,32-,34-,35-;26-,28-,30-,31-;;/m11../s1. The third kappa shape index (κ3) is 30.3. The molecule has 0 bridgehead atoms. The van der Waals surface area contributed by atoms with Crippen molar-refractivity contribution < 1.29 is 95.7 Å². The summed E-state index contributed by atoms with van der Waals surface area (Å²) in [5, 5.41) is 16.3. The fraction of sp³-hybridized carbons (Fsp3) is 0.436. The minimum Gasteiger partial charge on any atom is -0.494 e. The average molecular weight is 1360 g/mol. The molecule has 8 rings (SSSR count). The van der Waals surface area contributed by atoms with Gasteiger partial charge in [-0.1, -0.05) is 135 Å². The zero-order valence-electron chi connectivity index (χ0n) is 57.7. The number of allylic oxidation sites excluding steroid dienone is 2. The zero-order chi connectivity index (χ0) is 70.9. The van der Waals surface area contributed by atoms with Gasteiger partial charge in [-0.25, -0.2) is 19.2 Å². The lowest BCUT2D eigenvalue weighted by Crippen LogP contribution is -2.32. The van der Waals surface area contributed by atoms with Crippen LogP contribution in [0.25, 0.3) is 35.5 Å². The SMILES string of the molecule is C=C(C)C(=O)OCCCCCCOc1ccc(/C=C/C(=O)O[C@@H]2CO[C@H]3[C@@H]2OC[C@H]3C=Cc2ccc(C(=C)C)cc2)cc1.C=C(C)C(=O)OCCOc1ccc(/C=C/C(=O)O[C@@H]2CO[C@H]3[C@@H]2OC[C@H]3C=Cc2ccc(C(=C)C)cc2)cc1.COCCCOCCCO.COCOCO. The van der Waals surface area contributed by atoms with Gasteiger partial charge in [-0.3, -0.25) is 0 Å². The molecular weight excluding hydrogens is 1260 g/mol. The van der Waals surface area contributed by atoms with E-state index in [1.165, 1.54) is 19.3 Å². The molecule has 20 heteroatoms. The molecule has 4 aromatic carbocycles. The Kier molecular flexibility index (Phi) is 38.0. The van der Waals surface area contributed by atoms with Crippen LogP contribution in [0.2, 0.25) is 0 Å². The highest BCUT2D eigenvalue weighted by Gasteiger charge is 2.49. The molecule has 0 spiro atoms. The van der Waals surface area contributed by atoms with E-state index < -0.39 is 30.1 Å². The molecule has 4 heterocycles. The molecule has 4 aliphatic rings. The number of unbranched alkanes of at least 4 members (excludes halogenated alkanes) is 3. The number of rotatable bonds is 36. The number of hydrogen-bond donors (Lipinski definition) is 2. The Morgan fingerprint density at radius 3 is 1.29 bits per heavy atom. The van der Waals surface area contributed by atoms with Gasteiger partial charge in [0.05, 0.1) is 51.8 Å². The lowest BCUT2D eigenvalue weighted by atomic mass is 9.99. The molecule has 4 aliphatic heterocycles. The van der Waals surface area contributed by atoms with E-state index in [9.17, 15) is 19.2 Å². The Labute approximate surface area is 578 Å². The van der Waals surface area contributed by atoms with Crippen LogP contribution in [0.1, 0.15) is 99.6 Å². The molecule has 4 fully saturated rings. The third-order valence-electron chi connectivity index (χ3n) is 15.3. The summed E-state index contributed by atoms with van der Waals surface area (Å²) in [6, 6.07) is 31.2. The third-order valence-corrected chi connectivity index (χ3v) is 15.3. The topological polar surface area (TPSA) is 238 Å². The summed E-state index contributed by atoms with van der Waals surface area (Å²) in [6.45, 7) is 27.6. The fourth-order valence-electron chi connectivity index (χ4n) is 9.95. The highest BCUT2D eigenvalue weighted by Crippen LogP contribution is 2.36. The summed E-state index contributed by atoms with van der Waals surface area (Å²) in [7, 11) is 3.17. The maximum absolute atomic E-state index is 12.5. The quantitative estimate of drug-likeness (QED) is 0.0141. The van der Waals surface area contributed by atoms with Crippen LogP contribution in [-0.2, 0) is 76.0 Å². The van der Waals surface area contributed by atoms with E-state index >= 15 is 0 Å². The van der Waals surface area contributed by atoms with Crippen molar-refractivity contribution in [2.24, 2.45) is 11.8 Å². The first-order chi connectivity index (χ1) is 47.4. The summed E-state index contributed by atoms with van der Waals surface area (Å²) in [5.41, 5.74) is 8.97. The molecule has 0 aromatic heterocycles. The van der Waals surface area contributed by atoms with Gasteiger partial charge in [-0.15, -0.1) is 0 Å². The molecule has 0 unspecified atom stereocenters. The van der Waals surface area contributed by atoms with Gasteiger partial charge in [0.2, 0.25) is 0 Å². The Hall–Kier alpha value is -8.12. The normalized spacial score (nSPS) is 19.7. The second-order valence-corrected chi connectivity index (χ2v) is 23.5. The Bertz CT molecular complexity index is 3170. The molecule has 0 radical (unpaired) electrons. The monoisotopic (exact) mass is 1360 g/mol. The number of fused-ring (bicyclic) bond motifs is 2. The van der Waals surface area contributed by atoms with Crippen LogP contribution < -0.4 is 9.47 Å². The van der Waals surface area contributed by atoms with E-state index in [1.54, 1.807) is 45.2 Å². The van der Waals surface area contributed by atoms with Crippen LogP contribution in [0, 0.1) is 11.8 Å². The Morgan fingerprint density at radius 2 is 0.867 bits per heavy atom. The first-order valence-electron chi connectivity index (χ1n) is 33.0.